The molecule has 0 bridgehead atoms. The number of benzene rings is 2. The predicted molar refractivity (Wildman–Crippen MR) is 144 cm³/mol. The molecule has 4 unspecified atom stereocenters. The van der Waals surface area contributed by atoms with Gasteiger partial charge in [0.2, 0.25) is 0 Å². The SMILES string of the molecule is [B]P(C)N1C(=O)N(CCO)C2(CCC(COC(C)c3cc(C(F)(F)F)cc(C(F)(F)F)c3)(c3ccccc3)NC2)C1=O. The normalized spacial score (nSPS) is 24.9. The zero-order chi connectivity index (χ0) is 31.1. The summed E-state index contributed by atoms with van der Waals surface area (Å²) in [5, 5.41) is 12.9. The van der Waals surface area contributed by atoms with Gasteiger partial charge in [-0.3, -0.25) is 9.46 Å². The lowest BCUT2D eigenvalue weighted by Gasteiger charge is -2.47. The molecule has 1 spiro atoms. The molecule has 3 amide bonds. The van der Waals surface area contributed by atoms with Gasteiger partial charge in [-0.15, -0.1) is 0 Å². The Morgan fingerprint density at radius 2 is 1.64 bits per heavy atom. The first-order chi connectivity index (χ1) is 19.6. The molecule has 15 heteroatoms. The van der Waals surface area contributed by atoms with Crippen molar-refractivity contribution in [3.05, 3.63) is 70.8 Å². The Labute approximate surface area is 241 Å². The van der Waals surface area contributed by atoms with Gasteiger partial charge in [0.25, 0.3) is 5.91 Å². The van der Waals surface area contributed by atoms with Crippen molar-refractivity contribution in [3.63, 3.8) is 0 Å². The van der Waals surface area contributed by atoms with E-state index in [9.17, 15) is 41.0 Å². The number of nitrogens with zero attached hydrogens (tertiary/aromatic N) is 2. The van der Waals surface area contributed by atoms with Crippen LogP contribution in [0, 0.1) is 0 Å². The van der Waals surface area contributed by atoms with Crippen LogP contribution in [-0.4, -0.2) is 72.7 Å². The third kappa shape index (κ3) is 6.04. The molecule has 2 aromatic carbocycles. The molecule has 42 heavy (non-hydrogen) atoms. The molecule has 4 atom stereocenters. The van der Waals surface area contributed by atoms with Gasteiger partial charge in [-0.25, -0.2) is 4.79 Å². The van der Waals surface area contributed by atoms with Gasteiger partial charge in [0.05, 0.1) is 36.0 Å². The number of carbonyl (C=O) groups excluding carboxylic acids is 2. The third-order valence-electron chi connectivity index (χ3n) is 7.83. The van der Waals surface area contributed by atoms with Crippen LogP contribution in [0.3, 0.4) is 0 Å². The quantitative estimate of drug-likeness (QED) is 0.185. The number of aliphatic hydroxyl groups excluding tert-OH is 1. The van der Waals surface area contributed by atoms with Gasteiger partial charge in [-0.1, -0.05) is 38.3 Å². The summed E-state index contributed by atoms with van der Waals surface area (Å²) in [6, 6.07) is 9.61. The van der Waals surface area contributed by atoms with E-state index in [0.29, 0.717) is 17.7 Å². The lowest BCUT2D eigenvalue weighted by molar-refractivity contribution is -0.143. The minimum Gasteiger partial charge on any atom is -0.395 e. The zero-order valence-electron chi connectivity index (χ0n) is 22.8. The van der Waals surface area contributed by atoms with Crippen LogP contribution in [0.4, 0.5) is 31.1 Å². The molecule has 0 saturated carbocycles. The van der Waals surface area contributed by atoms with Gasteiger partial charge in [0.1, 0.15) is 13.1 Å². The van der Waals surface area contributed by atoms with E-state index in [1.165, 1.54) is 11.8 Å². The van der Waals surface area contributed by atoms with Crippen LogP contribution in [0.1, 0.15) is 48.1 Å². The highest BCUT2D eigenvalue weighted by atomic mass is 31.1. The van der Waals surface area contributed by atoms with Crippen LogP contribution in [0.2, 0.25) is 0 Å². The van der Waals surface area contributed by atoms with Gasteiger partial charge >= 0.3 is 18.4 Å². The van der Waals surface area contributed by atoms with Crippen molar-refractivity contribution in [1.82, 2.24) is 14.9 Å². The van der Waals surface area contributed by atoms with Crippen LogP contribution in [0.25, 0.3) is 0 Å². The van der Waals surface area contributed by atoms with E-state index in [-0.39, 0.29) is 50.8 Å². The summed E-state index contributed by atoms with van der Waals surface area (Å²) < 4.78 is 87.5. The standard InChI is InChI=1S/C27H29BF6N3O4P/c1-17(18-12-20(26(29,30)31)14-21(13-18)27(32,33)34)41-16-24(19-6-4-3-5-7-19)8-9-25(15-35-24)22(39)37(42(2)28)23(40)36(25)10-11-38/h3-7,12-14,17,35,38H,8-11,15-16H2,1-2H3. The minimum atomic E-state index is -5.00. The van der Waals surface area contributed by atoms with E-state index in [4.69, 9.17) is 12.3 Å². The summed E-state index contributed by atoms with van der Waals surface area (Å²) in [7, 11) is 4.36. The molecule has 0 aliphatic carbocycles. The van der Waals surface area contributed by atoms with Crippen molar-refractivity contribution in [1.29, 1.82) is 0 Å². The molecule has 226 valence electrons. The van der Waals surface area contributed by atoms with Crippen LogP contribution in [0.5, 0.6) is 0 Å². The number of aliphatic hydroxyl groups is 1. The van der Waals surface area contributed by atoms with Crippen LogP contribution >= 0.6 is 7.95 Å². The Morgan fingerprint density at radius 3 is 2.12 bits per heavy atom. The van der Waals surface area contributed by atoms with Gasteiger partial charge in [0, 0.05) is 13.1 Å². The van der Waals surface area contributed by atoms with Crippen LogP contribution in [0.15, 0.2) is 48.5 Å². The summed E-state index contributed by atoms with van der Waals surface area (Å²) in [5.41, 5.74) is -4.79. The molecule has 2 heterocycles. The summed E-state index contributed by atoms with van der Waals surface area (Å²) >= 11 is 0. The maximum Gasteiger partial charge on any atom is 0.416 e. The zero-order valence-corrected chi connectivity index (χ0v) is 23.7. The number of hydrogen-bond donors (Lipinski definition) is 2. The van der Waals surface area contributed by atoms with E-state index < -0.39 is 60.6 Å². The Morgan fingerprint density at radius 1 is 1.05 bits per heavy atom. The minimum absolute atomic E-state index is 0.0499. The first kappa shape index (κ1) is 32.3. The molecule has 2 aliphatic heterocycles. The van der Waals surface area contributed by atoms with Crippen molar-refractivity contribution in [3.8, 4) is 0 Å². The molecule has 7 nitrogen and oxygen atoms in total. The average Bonchev–Trinajstić information content (AvgIpc) is 3.13. The number of hydrogen-bond acceptors (Lipinski definition) is 5. The lowest BCUT2D eigenvalue weighted by atomic mass is 9.75. The van der Waals surface area contributed by atoms with Crippen molar-refractivity contribution in [2.24, 2.45) is 0 Å². The summed E-state index contributed by atoms with van der Waals surface area (Å²) in [5.74, 6) is -0.496. The fourth-order valence-electron chi connectivity index (χ4n) is 5.50. The van der Waals surface area contributed by atoms with Gasteiger partial charge in [0.15, 0.2) is 0 Å². The highest BCUT2D eigenvalue weighted by Gasteiger charge is 2.60. The molecule has 0 aromatic heterocycles. The predicted octanol–water partition coefficient (Wildman–Crippen LogP) is 5.19. The monoisotopic (exact) mass is 615 g/mol. The number of carbonyl (C=O) groups is 2. The molecular weight excluding hydrogens is 586 g/mol. The maximum absolute atomic E-state index is 13.5. The number of urea groups is 1. The molecule has 2 N–H and O–H groups in total. The molecular formula is C27H29BF6N3O4P. The fraction of sp³-hybridized carbons (Fsp3) is 0.481. The topological polar surface area (TPSA) is 82.1 Å². The van der Waals surface area contributed by atoms with Crippen LogP contribution < -0.4 is 5.32 Å². The molecule has 2 fully saturated rings. The van der Waals surface area contributed by atoms with Crippen molar-refractivity contribution in [2.45, 2.75) is 49.3 Å². The molecule has 2 saturated heterocycles. The highest BCUT2D eigenvalue weighted by Crippen LogP contribution is 2.47. The molecule has 2 aliphatic rings. The fourth-order valence-corrected chi connectivity index (χ4v) is 6.35. The van der Waals surface area contributed by atoms with Crippen molar-refractivity contribution < 1.29 is 45.8 Å². The third-order valence-corrected chi connectivity index (χ3v) is 8.81. The summed E-state index contributed by atoms with van der Waals surface area (Å²) in [6.07, 6.45) is -10.8. The first-order valence-corrected chi connectivity index (χ1v) is 14.8. The number of piperidine rings is 1. The number of β-amino-alcohol motifs (C(OH)–C–C–N with tert-alkyl or cyclic N) is 1. The second-order valence-corrected chi connectivity index (χ2v) is 12.0. The maximum atomic E-state index is 13.5. The van der Waals surface area contributed by atoms with Crippen molar-refractivity contribution >= 4 is 27.5 Å². The van der Waals surface area contributed by atoms with Gasteiger partial charge in [-0.2, -0.15) is 26.3 Å². The number of alkyl halides is 6. The number of ether oxygens (including phenoxy) is 1. The Balaban J connectivity index is 1.64. The largest absolute Gasteiger partial charge is 0.416 e. The second-order valence-electron chi connectivity index (χ2n) is 10.5. The number of amides is 3. The number of imide groups is 1. The highest BCUT2D eigenvalue weighted by molar-refractivity contribution is 7.80. The van der Waals surface area contributed by atoms with Gasteiger partial charge < -0.3 is 20.1 Å². The van der Waals surface area contributed by atoms with E-state index in [1.54, 1.807) is 37.0 Å². The summed E-state index contributed by atoms with van der Waals surface area (Å²) in [4.78, 5) is 27.9. The van der Waals surface area contributed by atoms with E-state index in [2.05, 4.69) is 5.32 Å². The van der Waals surface area contributed by atoms with E-state index >= 15 is 0 Å². The second kappa shape index (κ2) is 11.8. The molecule has 2 aromatic rings. The first-order valence-electron chi connectivity index (χ1n) is 13.0. The smallest absolute Gasteiger partial charge is 0.395 e. The molecule has 2 radical (unpaired) electrons. The average molecular weight is 615 g/mol. The number of halogens is 6. The Hall–Kier alpha value is -2.67. The molecule has 4 rings (SSSR count). The van der Waals surface area contributed by atoms with Crippen molar-refractivity contribution in [2.75, 3.05) is 33.0 Å². The number of nitrogens with one attached hydrogen (secondary N) is 1. The van der Waals surface area contributed by atoms with E-state index in [0.717, 1.165) is 4.67 Å². The number of rotatable bonds is 8. The Bertz CT molecular complexity index is 1270. The van der Waals surface area contributed by atoms with Gasteiger partial charge in [-0.05, 0) is 55.8 Å². The van der Waals surface area contributed by atoms with E-state index in [1.807, 2.05) is 0 Å². The summed E-state index contributed by atoms with van der Waals surface area (Å²) in [6.45, 7) is 2.21. The lowest BCUT2D eigenvalue weighted by Crippen LogP contribution is -2.65. The van der Waals surface area contributed by atoms with Crippen LogP contribution in [-0.2, 0) is 27.4 Å². The Kier molecular flexibility index (Phi) is 9.05.